The van der Waals surface area contributed by atoms with E-state index in [4.69, 9.17) is 33.2 Å². The van der Waals surface area contributed by atoms with Gasteiger partial charge in [-0.2, -0.15) is 0 Å². The molecule has 3 aliphatic rings. The summed E-state index contributed by atoms with van der Waals surface area (Å²) in [4.78, 5) is 41.9. The van der Waals surface area contributed by atoms with Crippen molar-refractivity contribution < 1.29 is 57.8 Å². The van der Waals surface area contributed by atoms with Crippen LogP contribution >= 0.6 is 15.9 Å². The van der Waals surface area contributed by atoms with E-state index in [1.54, 1.807) is 0 Å². The average Bonchev–Trinajstić information content (AvgIpc) is 3.64. The van der Waals surface area contributed by atoms with Gasteiger partial charge in [-0.3, -0.25) is 9.59 Å². The van der Waals surface area contributed by atoms with Crippen molar-refractivity contribution in [2.45, 2.75) is 95.0 Å². The van der Waals surface area contributed by atoms with E-state index in [1.807, 2.05) is 105 Å². The topological polar surface area (TPSA) is 160 Å². The van der Waals surface area contributed by atoms with E-state index in [2.05, 4.69) is 15.9 Å². The fourth-order valence-electron chi connectivity index (χ4n) is 7.50. The Balaban J connectivity index is 1.19. The Morgan fingerprint density at radius 1 is 0.879 bits per heavy atom. The highest BCUT2D eigenvalue weighted by molar-refractivity contribution is 9.11. The Kier molecular flexibility index (Phi) is 15.4. The van der Waals surface area contributed by atoms with E-state index in [0.29, 0.717) is 0 Å². The number of hydrogen-bond donors (Lipinski definition) is 2. The molecule has 6 rings (SSSR count). The molecule has 14 heteroatoms. The number of carbonyl (C=O) groups excluding carboxylic acids is 3. The molecule has 312 valence electrons. The van der Waals surface area contributed by atoms with E-state index in [9.17, 15) is 24.6 Å². The first-order chi connectivity index (χ1) is 28.0. The first kappa shape index (κ1) is 43.7. The Labute approximate surface area is 347 Å². The maximum atomic E-state index is 14.3. The second kappa shape index (κ2) is 20.4. The number of aliphatic hydroxyl groups is 2. The lowest BCUT2D eigenvalue weighted by Gasteiger charge is -2.45. The molecule has 58 heavy (non-hydrogen) atoms. The van der Waals surface area contributed by atoms with Gasteiger partial charge in [-0.1, -0.05) is 105 Å². The number of amides is 2. The van der Waals surface area contributed by atoms with Crippen molar-refractivity contribution in [3.8, 4) is 0 Å². The fraction of sp³-hybridized carbons (Fsp3) is 0.477. The zero-order valence-electron chi connectivity index (χ0n) is 32.9. The van der Waals surface area contributed by atoms with Gasteiger partial charge in [0.1, 0.15) is 37.1 Å². The Hall–Kier alpha value is -3.83. The molecule has 3 heterocycles. The largest absolute Gasteiger partial charge is 0.447 e. The van der Waals surface area contributed by atoms with Gasteiger partial charge in [-0.25, -0.2) is 9.69 Å². The summed E-state index contributed by atoms with van der Waals surface area (Å²) in [5.41, 5.74) is 2.60. The lowest BCUT2D eigenvalue weighted by molar-refractivity contribution is -0.320. The van der Waals surface area contributed by atoms with Gasteiger partial charge in [0.05, 0.1) is 36.3 Å². The van der Waals surface area contributed by atoms with Crippen LogP contribution in [0.25, 0.3) is 0 Å². The van der Waals surface area contributed by atoms with Gasteiger partial charge < -0.3 is 43.4 Å². The highest BCUT2D eigenvalue weighted by Crippen LogP contribution is 2.38. The highest BCUT2D eigenvalue weighted by atomic mass is 79.9. The zero-order valence-corrected chi connectivity index (χ0v) is 34.5. The van der Waals surface area contributed by atoms with E-state index in [0.717, 1.165) is 21.6 Å². The standard InChI is InChI=1S/C44H52BrNO12/c1-28(2)33-27-56-43(50)46(33)41(49)32(22-29-14-7-4-8-15-29)37-34(48)23-36(45)44(51,58-37)20-13-21-53-40-39(55-26-31-18-11-6-12-19-31)38(35(24-47)57-42(40)52-3)54-25-30-16-9-5-10-17-30/h4-12,14-19,23,28,32-33,35,37-40,42,47,51H,13,20-22,24-27H2,1-3H3/t32-,33+,35-,37-,38-,39+,40+,42+,44+/m1/s1. The van der Waals surface area contributed by atoms with Crippen LogP contribution in [0, 0.1) is 11.8 Å². The number of ketones is 1. The molecular weight excluding hydrogens is 814 g/mol. The van der Waals surface area contributed by atoms with E-state index >= 15 is 0 Å². The number of aliphatic hydroxyl groups excluding tert-OH is 1. The summed E-state index contributed by atoms with van der Waals surface area (Å²) in [5.74, 6) is -4.42. The number of methoxy groups -OCH3 is 1. The van der Waals surface area contributed by atoms with Crippen molar-refractivity contribution in [3.63, 3.8) is 0 Å². The van der Waals surface area contributed by atoms with Crippen LogP contribution in [-0.2, 0) is 62.4 Å². The first-order valence-electron chi connectivity index (χ1n) is 19.6. The van der Waals surface area contributed by atoms with Crippen molar-refractivity contribution in [3.05, 3.63) is 118 Å². The van der Waals surface area contributed by atoms with E-state index in [1.165, 1.54) is 13.2 Å². The summed E-state index contributed by atoms with van der Waals surface area (Å²) in [6.45, 7) is 3.98. The second-order valence-corrected chi connectivity index (χ2v) is 15.9. The van der Waals surface area contributed by atoms with Gasteiger partial charge in [-0.15, -0.1) is 0 Å². The predicted octanol–water partition coefficient (Wildman–Crippen LogP) is 5.48. The molecule has 0 unspecified atom stereocenters. The first-order valence-corrected chi connectivity index (χ1v) is 20.4. The molecule has 0 aromatic heterocycles. The average molecular weight is 867 g/mol. The van der Waals surface area contributed by atoms with Gasteiger partial charge >= 0.3 is 6.09 Å². The van der Waals surface area contributed by atoms with Crippen LogP contribution < -0.4 is 0 Å². The van der Waals surface area contributed by atoms with Crippen LogP contribution in [0.3, 0.4) is 0 Å². The third kappa shape index (κ3) is 10.5. The van der Waals surface area contributed by atoms with Crippen molar-refractivity contribution in [2.24, 2.45) is 11.8 Å². The maximum Gasteiger partial charge on any atom is 0.416 e. The smallest absolute Gasteiger partial charge is 0.416 e. The summed E-state index contributed by atoms with van der Waals surface area (Å²) in [5, 5.41) is 22.4. The summed E-state index contributed by atoms with van der Waals surface area (Å²) in [6.07, 6.45) is -4.77. The third-order valence-electron chi connectivity index (χ3n) is 10.7. The molecule has 0 spiro atoms. The molecule has 0 bridgehead atoms. The normalized spacial score (nSPS) is 28.0. The minimum Gasteiger partial charge on any atom is -0.447 e. The molecule has 3 aromatic rings. The highest BCUT2D eigenvalue weighted by Gasteiger charge is 2.51. The summed E-state index contributed by atoms with van der Waals surface area (Å²) >= 11 is 3.35. The lowest BCUT2D eigenvalue weighted by Crippen LogP contribution is -2.61. The van der Waals surface area contributed by atoms with Crippen LogP contribution in [0.15, 0.2) is 102 Å². The zero-order chi connectivity index (χ0) is 41.2. The van der Waals surface area contributed by atoms with Crippen LogP contribution in [0.2, 0.25) is 0 Å². The molecular formula is C44H52BrNO12. The molecule has 13 nitrogen and oxygen atoms in total. The Morgan fingerprint density at radius 3 is 2.03 bits per heavy atom. The molecule has 2 fully saturated rings. The van der Waals surface area contributed by atoms with Gasteiger partial charge in [0.15, 0.2) is 17.9 Å². The molecule has 9 atom stereocenters. The van der Waals surface area contributed by atoms with Crippen LogP contribution in [0.5, 0.6) is 0 Å². The van der Waals surface area contributed by atoms with Gasteiger partial charge in [0.25, 0.3) is 0 Å². The number of imide groups is 1. The molecule has 3 aliphatic heterocycles. The lowest BCUT2D eigenvalue weighted by atomic mass is 9.87. The van der Waals surface area contributed by atoms with Gasteiger partial charge in [0, 0.05) is 20.1 Å². The number of ether oxygens (including phenoxy) is 7. The summed E-state index contributed by atoms with van der Waals surface area (Å²) < 4.78 is 42.8. The molecule has 2 amide bonds. The van der Waals surface area contributed by atoms with Crippen LogP contribution in [-0.4, -0.2) is 108 Å². The minimum atomic E-state index is -2.02. The number of halogens is 1. The third-order valence-corrected chi connectivity index (χ3v) is 11.5. The number of carbonyl (C=O) groups is 3. The second-order valence-electron chi connectivity index (χ2n) is 15.0. The minimum absolute atomic E-state index is 0.0455. The molecule has 2 N–H and O–H groups in total. The summed E-state index contributed by atoms with van der Waals surface area (Å²) in [6, 6.07) is 27.9. The summed E-state index contributed by atoms with van der Waals surface area (Å²) in [7, 11) is 1.48. The number of hydrogen-bond acceptors (Lipinski definition) is 12. The predicted molar refractivity (Wildman–Crippen MR) is 214 cm³/mol. The van der Waals surface area contributed by atoms with E-state index in [-0.39, 0.29) is 62.7 Å². The quantitative estimate of drug-likeness (QED) is 0.155. The van der Waals surface area contributed by atoms with Gasteiger partial charge in [-0.05, 0) is 57.5 Å². The van der Waals surface area contributed by atoms with Crippen LogP contribution in [0.4, 0.5) is 4.79 Å². The van der Waals surface area contributed by atoms with Crippen molar-refractivity contribution in [1.82, 2.24) is 4.90 Å². The fourth-order valence-corrected chi connectivity index (χ4v) is 8.02. The van der Waals surface area contributed by atoms with Crippen molar-refractivity contribution in [1.29, 1.82) is 0 Å². The van der Waals surface area contributed by atoms with Crippen molar-refractivity contribution >= 4 is 33.7 Å². The molecule has 0 radical (unpaired) electrons. The maximum absolute atomic E-state index is 14.3. The number of rotatable bonds is 18. The number of cyclic esters (lactones) is 1. The van der Waals surface area contributed by atoms with Crippen molar-refractivity contribution in [2.75, 3.05) is 26.9 Å². The molecule has 3 aromatic carbocycles. The van der Waals surface area contributed by atoms with Gasteiger partial charge in [0.2, 0.25) is 5.91 Å². The van der Waals surface area contributed by atoms with E-state index < -0.39 is 72.3 Å². The molecule has 2 saturated heterocycles. The number of benzene rings is 3. The molecule has 0 saturated carbocycles. The Bertz CT molecular complexity index is 1830. The van der Waals surface area contributed by atoms with Crippen LogP contribution in [0.1, 0.15) is 43.4 Å². The number of nitrogens with zero attached hydrogens (tertiary/aromatic N) is 1. The monoisotopic (exact) mass is 865 g/mol. The SMILES string of the molecule is CO[C@H]1O[C@H](CO)[C@@H](OCc2ccccc2)[C@H](OCc2ccccc2)[C@@H]1OCCC[C@]1(O)O[C@H]([C@@H](Cc2ccccc2)C(=O)N2C(=O)OC[C@H]2C(C)C)C(=O)C=C1Br. The molecule has 0 aliphatic carbocycles. The Morgan fingerprint density at radius 2 is 1.47 bits per heavy atom.